The highest BCUT2D eigenvalue weighted by molar-refractivity contribution is 7.09. The van der Waals surface area contributed by atoms with Crippen LogP contribution in [-0.4, -0.2) is 51.2 Å². The van der Waals surface area contributed by atoms with Gasteiger partial charge in [-0.3, -0.25) is 4.79 Å². The Hall–Kier alpha value is -1.47. The topological polar surface area (TPSA) is 90.7 Å². The lowest BCUT2D eigenvalue weighted by Gasteiger charge is -2.22. The number of likely N-dealkylation sites (tertiary alicyclic amines) is 1. The van der Waals surface area contributed by atoms with E-state index in [9.17, 15) is 9.59 Å². The van der Waals surface area contributed by atoms with Crippen LogP contribution in [0.15, 0.2) is 5.38 Å². The van der Waals surface area contributed by atoms with E-state index < -0.39 is 5.97 Å². The number of aromatic carboxylic acids is 1. The minimum absolute atomic E-state index is 0.00611. The fourth-order valence-corrected chi connectivity index (χ4v) is 3.03. The van der Waals surface area contributed by atoms with Gasteiger partial charge in [-0.1, -0.05) is 0 Å². The first-order valence-corrected chi connectivity index (χ1v) is 7.08. The minimum Gasteiger partial charge on any atom is -0.476 e. The van der Waals surface area contributed by atoms with Crippen LogP contribution in [0.4, 0.5) is 0 Å². The molecule has 1 aromatic heterocycles. The number of aliphatic hydroxyl groups excluding tert-OH is 1. The highest BCUT2D eigenvalue weighted by atomic mass is 32.1. The largest absolute Gasteiger partial charge is 0.476 e. The fraction of sp³-hybridized carbons (Fsp3) is 0.583. The van der Waals surface area contributed by atoms with Gasteiger partial charge < -0.3 is 15.1 Å². The van der Waals surface area contributed by atoms with Crippen molar-refractivity contribution in [2.45, 2.75) is 31.7 Å². The second kappa shape index (κ2) is 6.12. The number of amides is 1. The normalized spacial score (nSPS) is 19.1. The van der Waals surface area contributed by atoms with Crippen molar-refractivity contribution in [2.75, 3.05) is 13.2 Å². The number of carboxylic acids is 1. The molecule has 1 amide bonds. The predicted molar refractivity (Wildman–Crippen MR) is 69.2 cm³/mol. The van der Waals surface area contributed by atoms with Crippen molar-refractivity contribution in [3.63, 3.8) is 0 Å². The molecule has 0 aliphatic carbocycles. The monoisotopic (exact) mass is 284 g/mol. The summed E-state index contributed by atoms with van der Waals surface area (Å²) in [6.45, 7) is 0.595. The number of aromatic nitrogens is 1. The van der Waals surface area contributed by atoms with E-state index in [0.29, 0.717) is 19.4 Å². The molecule has 0 spiro atoms. The van der Waals surface area contributed by atoms with Crippen LogP contribution < -0.4 is 0 Å². The van der Waals surface area contributed by atoms with Crippen LogP contribution in [0.25, 0.3) is 0 Å². The van der Waals surface area contributed by atoms with Crippen LogP contribution in [0, 0.1) is 0 Å². The zero-order chi connectivity index (χ0) is 13.8. The van der Waals surface area contributed by atoms with E-state index in [1.54, 1.807) is 4.90 Å². The Morgan fingerprint density at radius 3 is 3.00 bits per heavy atom. The molecule has 0 radical (unpaired) electrons. The number of carbonyl (C=O) groups excluding carboxylic acids is 1. The second-order valence-corrected chi connectivity index (χ2v) is 5.44. The summed E-state index contributed by atoms with van der Waals surface area (Å²) in [5.74, 6) is -0.929. The Balaban J connectivity index is 1.82. The van der Waals surface area contributed by atoms with Gasteiger partial charge in [0.2, 0.25) is 5.91 Å². The lowest BCUT2D eigenvalue weighted by atomic mass is 10.2. The maximum atomic E-state index is 11.6. The SMILES string of the molecule is O=C(O)c1csc(CCCN2C(=O)CCC2CO)n1. The molecule has 2 N–H and O–H groups in total. The highest BCUT2D eigenvalue weighted by Crippen LogP contribution is 2.19. The zero-order valence-corrected chi connectivity index (χ0v) is 11.2. The van der Waals surface area contributed by atoms with E-state index in [-0.39, 0.29) is 24.2 Å². The average Bonchev–Trinajstić information content (AvgIpc) is 2.98. The van der Waals surface area contributed by atoms with Crippen molar-refractivity contribution >= 4 is 23.2 Å². The average molecular weight is 284 g/mol. The van der Waals surface area contributed by atoms with Crippen LogP contribution in [0.5, 0.6) is 0 Å². The molecule has 19 heavy (non-hydrogen) atoms. The molecule has 1 atom stereocenters. The van der Waals surface area contributed by atoms with Gasteiger partial charge in [0.25, 0.3) is 0 Å². The molecule has 0 aromatic carbocycles. The van der Waals surface area contributed by atoms with Gasteiger partial charge in [0.15, 0.2) is 5.69 Å². The van der Waals surface area contributed by atoms with Gasteiger partial charge >= 0.3 is 5.97 Å². The third-order valence-electron chi connectivity index (χ3n) is 3.22. The Bertz CT molecular complexity index is 474. The molecular formula is C12H16N2O4S. The maximum Gasteiger partial charge on any atom is 0.355 e. The third kappa shape index (κ3) is 3.30. The van der Waals surface area contributed by atoms with Gasteiger partial charge in [0.1, 0.15) is 0 Å². The first-order chi connectivity index (χ1) is 9.11. The smallest absolute Gasteiger partial charge is 0.355 e. The van der Waals surface area contributed by atoms with Crippen LogP contribution in [0.1, 0.15) is 34.8 Å². The molecule has 104 valence electrons. The van der Waals surface area contributed by atoms with Crippen molar-refractivity contribution < 1.29 is 19.8 Å². The highest BCUT2D eigenvalue weighted by Gasteiger charge is 2.29. The molecule has 1 saturated heterocycles. The van der Waals surface area contributed by atoms with Crippen molar-refractivity contribution in [3.8, 4) is 0 Å². The Morgan fingerprint density at radius 1 is 1.58 bits per heavy atom. The first-order valence-electron chi connectivity index (χ1n) is 6.20. The van der Waals surface area contributed by atoms with E-state index in [2.05, 4.69) is 4.98 Å². The quantitative estimate of drug-likeness (QED) is 0.804. The minimum atomic E-state index is -1.02. The van der Waals surface area contributed by atoms with Gasteiger partial charge in [-0.15, -0.1) is 11.3 Å². The molecule has 6 nitrogen and oxygen atoms in total. The number of aryl methyl sites for hydroxylation is 1. The predicted octanol–water partition coefficient (Wildman–Crippen LogP) is 0.757. The molecule has 7 heteroatoms. The molecule has 1 fully saturated rings. The Morgan fingerprint density at radius 2 is 2.37 bits per heavy atom. The number of rotatable bonds is 6. The molecule has 2 heterocycles. The zero-order valence-electron chi connectivity index (χ0n) is 10.4. The molecule has 0 bridgehead atoms. The lowest BCUT2D eigenvalue weighted by molar-refractivity contribution is -0.129. The number of aliphatic hydroxyl groups is 1. The first kappa shape index (κ1) is 14.0. The molecule has 1 aromatic rings. The lowest BCUT2D eigenvalue weighted by Crippen LogP contribution is -2.36. The van der Waals surface area contributed by atoms with E-state index in [1.165, 1.54) is 16.7 Å². The molecule has 0 saturated carbocycles. The van der Waals surface area contributed by atoms with E-state index in [4.69, 9.17) is 10.2 Å². The fourth-order valence-electron chi connectivity index (χ4n) is 2.21. The summed E-state index contributed by atoms with van der Waals surface area (Å²) in [5.41, 5.74) is 0.0745. The summed E-state index contributed by atoms with van der Waals surface area (Å²) in [6, 6.07) is -0.0571. The third-order valence-corrected chi connectivity index (χ3v) is 4.13. The number of nitrogens with zero attached hydrogens (tertiary/aromatic N) is 2. The summed E-state index contributed by atoms with van der Waals surface area (Å²) < 4.78 is 0. The Kier molecular flexibility index (Phi) is 4.49. The van der Waals surface area contributed by atoms with Gasteiger partial charge in [-0.05, 0) is 12.8 Å². The van der Waals surface area contributed by atoms with E-state index in [0.717, 1.165) is 17.8 Å². The van der Waals surface area contributed by atoms with Gasteiger partial charge in [-0.2, -0.15) is 0 Å². The molecule has 1 aliphatic rings. The number of hydrogen-bond donors (Lipinski definition) is 2. The van der Waals surface area contributed by atoms with E-state index >= 15 is 0 Å². The van der Waals surface area contributed by atoms with Crippen LogP contribution in [0.3, 0.4) is 0 Å². The van der Waals surface area contributed by atoms with Crippen molar-refractivity contribution in [1.82, 2.24) is 9.88 Å². The standard InChI is InChI=1S/C12H16N2O4S/c15-6-8-3-4-11(16)14(8)5-1-2-10-13-9(7-19-10)12(17)18/h7-8,15H,1-6H2,(H,17,18). The van der Waals surface area contributed by atoms with Crippen molar-refractivity contribution in [3.05, 3.63) is 16.1 Å². The van der Waals surface area contributed by atoms with Crippen LogP contribution in [-0.2, 0) is 11.2 Å². The van der Waals surface area contributed by atoms with Crippen molar-refractivity contribution in [2.24, 2.45) is 0 Å². The van der Waals surface area contributed by atoms with Crippen LogP contribution in [0.2, 0.25) is 0 Å². The number of hydrogen-bond acceptors (Lipinski definition) is 5. The van der Waals surface area contributed by atoms with Crippen LogP contribution >= 0.6 is 11.3 Å². The molecular weight excluding hydrogens is 268 g/mol. The summed E-state index contributed by atoms with van der Waals surface area (Å²) in [6.07, 6.45) is 2.61. The van der Waals surface area contributed by atoms with Gasteiger partial charge in [-0.25, -0.2) is 9.78 Å². The number of thiazole rings is 1. The van der Waals surface area contributed by atoms with Gasteiger partial charge in [0.05, 0.1) is 17.7 Å². The molecule has 1 unspecified atom stereocenters. The number of carboxylic acid groups (broad SMARTS) is 1. The Labute approximate surface area is 114 Å². The summed E-state index contributed by atoms with van der Waals surface area (Å²) >= 11 is 1.32. The molecule has 1 aliphatic heterocycles. The number of carbonyl (C=O) groups is 2. The van der Waals surface area contributed by atoms with Gasteiger partial charge in [0, 0.05) is 24.8 Å². The van der Waals surface area contributed by atoms with Crippen molar-refractivity contribution in [1.29, 1.82) is 0 Å². The maximum absolute atomic E-state index is 11.6. The summed E-state index contributed by atoms with van der Waals surface area (Å²) in [4.78, 5) is 28.0. The summed E-state index contributed by atoms with van der Waals surface area (Å²) in [5, 5.41) is 20.2. The van der Waals surface area contributed by atoms with E-state index in [1.807, 2.05) is 0 Å². The summed E-state index contributed by atoms with van der Waals surface area (Å²) in [7, 11) is 0. The molecule has 2 rings (SSSR count). The second-order valence-electron chi connectivity index (χ2n) is 4.50.